The van der Waals surface area contributed by atoms with Gasteiger partial charge in [0.05, 0.1) is 13.2 Å². The van der Waals surface area contributed by atoms with Crippen molar-refractivity contribution in [1.29, 1.82) is 0 Å². The van der Waals surface area contributed by atoms with E-state index in [4.69, 9.17) is 4.74 Å². The van der Waals surface area contributed by atoms with Gasteiger partial charge in [0.15, 0.2) is 0 Å². The third-order valence-electron chi connectivity index (χ3n) is 5.12. The van der Waals surface area contributed by atoms with Gasteiger partial charge in [-0.2, -0.15) is 0 Å². The molecule has 1 aliphatic rings. The third kappa shape index (κ3) is 3.61. The molecule has 0 saturated carbocycles. The monoisotopic (exact) mass is 362 g/mol. The van der Waals surface area contributed by atoms with E-state index in [2.05, 4.69) is 49.7 Å². The number of rotatable bonds is 5. The van der Waals surface area contributed by atoms with Crippen molar-refractivity contribution in [3.63, 3.8) is 0 Å². The second-order valence-electron chi connectivity index (χ2n) is 6.88. The fourth-order valence-electron chi connectivity index (χ4n) is 3.79. The highest BCUT2D eigenvalue weighted by Gasteiger charge is 2.32. The minimum atomic E-state index is 0.0657. The number of fused-ring (bicyclic) bond motifs is 1. The molecule has 1 heterocycles. The molecule has 0 bridgehead atoms. The van der Waals surface area contributed by atoms with Gasteiger partial charge in [-0.15, -0.1) is 0 Å². The normalized spacial score (nSPS) is 18.4. The molecule has 1 aliphatic heterocycles. The van der Waals surface area contributed by atoms with Crippen molar-refractivity contribution in [1.82, 2.24) is 5.32 Å². The van der Waals surface area contributed by atoms with Gasteiger partial charge in [-0.3, -0.25) is 4.79 Å². The van der Waals surface area contributed by atoms with Crippen LogP contribution in [0.2, 0.25) is 0 Å². The van der Waals surface area contributed by atoms with Crippen LogP contribution in [0.3, 0.4) is 0 Å². The van der Waals surface area contributed by atoms with Gasteiger partial charge in [0.2, 0.25) is 5.91 Å². The Morgan fingerprint density at radius 3 is 2.48 bits per heavy atom. The third-order valence-corrected chi connectivity index (χ3v) is 5.12. The van der Waals surface area contributed by atoms with E-state index in [1.807, 2.05) is 23.1 Å². The minimum Gasteiger partial charge on any atom is -0.497 e. The van der Waals surface area contributed by atoms with Crippen molar-refractivity contribution in [2.24, 2.45) is 0 Å². The Hall–Kier alpha value is -3.01. The van der Waals surface area contributed by atoms with Crippen molar-refractivity contribution in [3.8, 4) is 11.1 Å². The van der Waals surface area contributed by atoms with E-state index in [1.54, 1.807) is 20.2 Å². The van der Waals surface area contributed by atoms with Crippen molar-refractivity contribution in [2.45, 2.75) is 32.4 Å². The molecular weight excluding hydrogens is 336 g/mol. The number of carbonyl (C=O) groups excluding carboxylic acids is 1. The quantitative estimate of drug-likeness (QED) is 0.770. The van der Waals surface area contributed by atoms with Crippen LogP contribution < -0.4 is 10.2 Å². The Balaban J connectivity index is 2.03. The van der Waals surface area contributed by atoms with Crippen LogP contribution in [0.4, 0.5) is 5.69 Å². The van der Waals surface area contributed by atoms with Crippen LogP contribution in [0.15, 0.2) is 61.8 Å². The second-order valence-corrected chi connectivity index (χ2v) is 6.88. The highest BCUT2D eigenvalue weighted by Crippen LogP contribution is 2.39. The largest absolute Gasteiger partial charge is 0.497 e. The van der Waals surface area contributed by atoms with Crippen molar-refractivity contribution in [2.75, 3.05) is 12.0 Å². The molecule has 0 spiro atoms. The molecule has 27 heavy (non-hydrogen) atoms. The predicted molar refractivity (Wildman–Crippen MR) is 111 cm³/mol. The first kappa shape index (κ1) is 18.8. The van der Waals surface area contributed by atoms with Gasteiger partial charge in [0.1, 0.15) is 5.76 Å². The van der Waals surface area contributed by atoms with E-state index >= 15 is 0 Å². The first-order valence-corrected chi connectivity index (χ1v) is 9.10. The highest BCUT2D eigenvalue weighted by atomic mass is 16.5. The lowest BCUT2D eigenvalue weighted by atomic mass is 9.89. The molecule has 2 aromatic carbocycles. The maximum atomic E-state index is 12.2. The average molecular weight is 362 g/mol. The number of benzene rings is 2. The first-order chi connectivity index (χ1) is 13.0. The molecule has 2 atom stereocenters. The lowest BCUT2D eigenvalue weighted by molar-refractivity contribution is -0.117. The molecule has 0 fully saturated rings. The zero-order valence-corrected chi connectivity index (χ0v) is 16.2. The standard InChI is InChI=1S/C23H26N2O2/c1-6-24-22-13-15(2)25(17(4)26)23-12-11-20(14-21(22)23)19-9-7-18(8-10-19)16(3)27-5/h6-12,14-15,22,24H,1,3,13H2,2,4-5H3/t15-,22+/m0/s1. The van der Waals surface area contributed by atoms with Crippen LogP contribution >= 0.6 is 0 Å². The molecule has 1 N–H and O–H groups in total. The van der Waals surface area contributed by atoms with E-state index in [9.17, 15) is 4.79 Å². The van der Waals surface area contributed by atoms with E-state index in [0.29, 0.717) is 5.76 Å². The molecule has 0 aromatic heterocycles. The number of ether oxygens (including phenoxy) is 1. The Kier molecular flexibility index (Phi) is 5.36. The zero-order chi connectivity index (χ0) is 19.6. The highest BCUT2D eigenvalue weighted by molar-refractivity contribution is 5.94. The maximum absolute atomic E-state index is 12.2. The van der Waals surface area contributed by atoms with Crippen molar-refractivity contribution >= 4 is 17.4 Å². The fraction of sp³-hybridized carbons (Fsp3) is 0.261. The number of nitrogens with one attached hydrogen (secondary N) is 1. The summed E-state index contributed by atoms with van der Waals surface area (Å²) in [7, 11) is 1.62. The van der Waals surface area contributed by atoms with E-state index in [-0.39, 0.29) is 18.0 Å². The van der Waals surface area contributed by atoms with E-state index in [0.717, 1.165) is 34.4 Å². The lowest BCUT2D eigenvalue weighted by Gasteiger charge is -2.39. The van der Waals surface area contributed by atoms with Gasteiger partial charge in [0.25, 0.3) is 0 Å². The summed E-state index contributed by atoms with van der Waals surface area (Å²) in [6.45, 7) is 11.4. The SMILES string of the molecule is C=CN[C@@H]1C[C@H](C)N(C(C)=O)c2ccc(-c3ccc(C(=C)OC)cc3)cc21. The van der Waals surface area contributed by atoms with Crippen LogP contribution in [0.1, 0.15) is 37.4 Å². The molecular formula is C23H26N2O2. The summed E-state index contributed by atoms with van der Waals surface area (Å²) < 4.78 is 5.19. The number of hydrogen-bond donors (Lipinski definition) is 1. The number of nitrogens with zero attached hydrogens (tertiary/aromatic N) is 1. The lowest BCUT2D eigenvalue weighted by Crippen LogP contribution is -2.43. The smallest absolute Gasteiger partial charge is 0.224 e. The van der Waals surface area contributed by atoms with Crippen LogP contribution in [0.25, 0.3) is 16.9 Å². The predicted octanol–water partition coefficient (Wildman–Crippen LogP) is 4.89. The summed E-state index contributed by atoms with van der Waals surface area (Å²) in [5.41, 5.74) is 5.26. The number of anilines is 1. The molecule has 3 rings (SSSR count). The Morgan fingerprint density at radius 1 is 1.22 bits per heavy atom. The Bertz CT molecular complexity index is 870. The molecule has 4 nitrogen and oxygen atoms in total. The number of methoxy groups -OCH3 is 1. The van der Waals surface area contributed by atoms with Gasteiger partial charge in [-0.25, -0.2) is 0 Å². The molecule has 4 heteroatoms. The minimum absolute atomic E-state index is 0.0657. The summed E-state index contributed by atoms with van der Waals surface area (Å²) in [6.07, 6.45) is 2.57. The summed E-state index contributed by atoms with van der Waals surface area (Å²) in [6, 6.07) is 14.7. The Labute approximate surface area is 161 Å². The number of hydrogen-bond acceptors (Lipinski definition) is 3. The Morgan fingerprint density at radius 2 is 1.89 bits per heavy atom. The summed E-state index contributed by atoms with van der Waals surface area (Å²) in [5.74, 6) is 0.712. The first-order valence-electron chi connectivity index (χ1n) is 9.10. The number of amides is 1. The van der Waals surface area contributed by atoms with Crippen LogP contribution in [-0.2, 0) is 9.53 Å². The maximum Gasteiger partial charge on any atom is 0.224 e. The molecule has 1 amide bonds. The molecule has 0 saturated heterocycles. The van der Waals surface area contributed by atoms with Gasteiger partial charge < -0.3 is 15.0 Å². The fourth-order valence-corrected chi connectivity index (χ4v) is 3.79. The van der Waals surface area contributed by atoms with Crippen LogP contribution in [-0.4, -0.2) is 19.1 Å². The second kappa shape index (κ2) is 7.70. The summed E-state index contributed by atoms with van der Waals surface area (Å²) in [4.78, 5) is 14.1. The van der Waals surface area contributed by atoms with Gasteiger partial charge in [-0.05, 0) is 48.4 Å². The number of carbonyl (C=O) groups is 1. The zero-order valence-electron chi connectivity index (χ0n) is 16.2. The summed E-state index contributed by atoms with van der Waals surface area (Å²) >= 11 is 0. The van der Waals surface area contributed by atoms with Crippen LogP contribution in [0.5, 0.6) is 0 Å². The summed E-state index contributed by atoms with van der Waals surface area (Å²) in [5, 5.41) is 3.34. The molecule has 0 unspecified atom stereocenters. The molecule has 2 aromatic rings. The topological polar surface area (TPSA) is 41.6 Å². The van der Waals surface area contributed by atoms with Gasteiger partial charge in [-0.1, -0.05) is 43.5 Å². The molecule has 0 radical (unpaired) electrons. The van der Waals surface area contributed by atoms with Gasteiger partial charge >= 0.3 is 0 Å². The van der Waals surface area contributed by atoms with Crippen molar-refractivity contribution < 1.29 is 9.53 Å². The van der Waals surface area contributed by atoms with E-state index < -0.39 is 0 Å². The molecule has 140 valence electrons. The molecule has 0 aliphatic carbocycles. The van der Waals surface area contributed by atoms with Crippen LogP contribution in [0, 0.1) is 0 Å². The van der Waals surface area contributed by atoms with Crippen molar-refractivity contribution in [3.05, 3.63) is 72.9 Å². The average Bonchev–Trinajstić information content (AvgIpc) is 2.67. The van der Waals surface area contributed by atoms with Gasteiger partial charge in [0, 0.05) is 24.2 Å². The van der Waals surface area contributed by atoms with E-state index in [1.165, 1.54) is 0 Å².